The Kier molecular flexibility index (Phi) is 5.32. The number of ether oxygens (including phenoxy) is 2. The van der Waals surface area contributed by atoms with Crippen molar-refractivity contribution in [3.63, 3.8) is 0 Å². The second kappa shape index (κ2) is 7.67. The molecular weight excluding hydrogens is 362 g/mol. The van der Waals surface area contributed by atoms with Gasteiger partial charge in [-0.3, -0.25) is 4.79 Å². The average molecular weight is 383 g/mol. The van der Waals surface area contributed by atoms with Gasteiger partial charge in [0.15, 0.2) is 16.6 Å². The normalized spacial score (nSPS) is 10.5. The molecule has 3 rings (SSSR count). The first-order valence-electron chi connectivity index (χ1n) is 8.29. The molecule has 0 saturated carbocycles. The SMILES string of the molecule is COc1ccc(C(=O)c2sc(Nc3cc(C)cc(C)c3)nc2N)cc1OC. The van der Waals surface area contributed by atoms with Gasteiger partial charge in [-0.05, 0) is 55.3 Å². The van der Waals surface area contributed by atoms with Crippen LogP contribution in [0.1, 0.15) is 26.4 Å². The monoisotopic (exact) mass is 383 g/mol. The highest BCUT2D eigenvalue weighted by Crippen LogP contribution is 2.33. The van der Waals surface area contributed by atoms with Crippen LogP contribution in [0.2, 0.25) is 0 Å². The molecule has 0 saturated heterocycles. The van der Waals surface area contributed by atoms with Gasteiger partial charge < -0.3 is 20.5 Å². The molecule has 0 aliphatic heterocycles. The third kappa shape index (κ3) is 4.03. The molecule has 3 aromatic rings. The van der Waals surface area contributed by atoms with Crippen LogP contribution in [0.4, 0.5) is 16.6 Å². The van der Waals surface area contributed by atoms with E-state index in [0.717, 1.165) is 16.8 Å². The van der Waals surface area contributed by atoms with Crippen molar-refractivity contribution < 1.29 is 14.3 Å². The van der Waals surface area contributed by atoms with E-state index in [9.17, 15) is 4.79 Å². The van der Waals surface area contributed by atoms with E-state index < -0.39 is 0 Å². The van der Waals surface area contributed by atoms with Gasteiger partial charge in [-0.2, -0.15) is 0 Å². The molecule has 0 fully saturated rings. The smallest absolute Gasteiger partial charge is 0.206 e. The highest BCUT2D eigenvalue weighted by Gasteiger charge is 2.20. The first-order chi connectivity index (χ1) is 12.9. The van der Waals surface area contributed by atoms with Crippen LogP contribution in [0.3, 0.4) is 0 Å². The maximum absolute atomic E-state index is 12.9. The van der Waals surface area contributed by atoms with E-state index in [1.807, 2.05) is 26.0 Å². The lowest BCUT2D eigenvalue weighted by Gasteiger charge is -2.08. The fourth-order valence-electron chi connectivity index (χ4n) is 2.83. The van der Waals surface area contributed by atoms with Crippen LogP contribution < -0.4 is 20.5 Å². The highest BCUT2D eigenvalue weighted by molar-refractivity contribution is 7.18. The van der Waals surface area contributed by atoms with Gasteiger partial charge in [0.05, 0.1) is 14.2 Å². The Morgan fingerprint density at radius 2 is 1.70 bits per heavy atom. The predicted octanol–water partition coefficient (Wildman–Crippen LogP) is 4.33. The largest absolute Gasteiger partial charge is 0.493 e. The number of hydrogen-bond donors (Lipinski definition) is 2. The summed E-state index contributed by atoms with van der Waals surface area (Å²) in [4.78, 5) is 17.6. The zero-order chi connectivity index (χ0) is 19.6. The van der Waals surface area contributed by atoms with E-state index in [1.54, 1.807) is 25.3 Å². The number of aryl methyl sites for hydroxylation is 2. The number of nitrogen functional groups attached to an aromatic ring is 1. The number of thiazole rings is 1. The maximum Gasteiger partial charge on any atom is 0.206 e. The first kappa shape index (κ1) is 18.7. The van der Waals surface area contributed by atoms with Crippen molar-refractivity contribution in [3.05, 3.63) is 58.0 Å². The standard InChI is InChI=1S/C20H21N3O3S/c1-11-7-12(2)9-14(8-11)22-20-23-19(21)18(27-20)17(24)13-5-6-15(25-3)16(10-13)26-4/h5-10H,21H2,1-4H3,(H,22,23). The number of carbonyl (C=O) groups is 1. The minimum absolute atomic E-state index is 0.201. The number of anilines is 3. The molecule has 0 unspecified atom stereocenters. The van der Waals surface area contributed by atoms with Crippen LogP contribution in [0, 0.1) is 13.8 Å². The molecule has 0 radical (unpaired) electrons. The third-order valence-electron chi connectivity index (χ3n) is 3.98. The van der Waals surface area contributed by atoms with Gasteiger partial charge >= 0.3 is 0 Å². The van der Waals surface area contributed by atoms with Crippen molar-refractivity contribution in [2.75, 3.05) is 25.3 Å². The van der Waals surface area contributed by atoms with Crippen LogP contribution in [-0.4, -0.2) is 25.0 Å². The molecule has 0 bridgehead atoms. The highest BCUT2D eigenvalue weighted by atomic mass is 32.1. The fraction of sp³-hybridized carbons (Fsp3) is 0.200. The number of hydrogen-bond acceptors (Lipinski definition) is 7. The van der Waals surface area contributed by atoms with Crippen LogP contribution in [0.25, 0.3) is 0 Å². The van der Waals surface area contributed by atoms with Crippen LogP contribution in [0.15, 0.2) is 36.4 Å². The molecule has 27 heavy (non-hydrogen) atoms. The van der Waals surface area contributed by atoms with Crippen LogP contribution in [-0.2, 0) is 0 Å². The maximum atomic E-state index is 12.9. The van der Waals surface area contributed by atoms with E-state index in [0.29, 0.717) is 27.1 Å². The summed E-state index contributed by atoms with van der Waals surface area (Å²) in [6.07, 6.45) is 0. The number of rotatable bonds is 6. The Balaban J connectivity index is 1.88. The Hall–Kier alpha value is -3.06. The van der Waals surface area contributed by atoms with E-state index in [4.69, 9.17) is 15.2 Å². The number of nitrogens with two attached hydrogens (primary N) is 1. The fourth-order valence-corrected chi connectivity index (χ4v) is 3.69. The molecule has 0 aliphatic carbocycles. The van der Waals surface area contributed by atoms with E-state index in [-0.39, 0.29) is 11.6 Å². The number of ketones is 1. The molecule has 0 aliphatic rings. The summed E-state index contributed by atoms with van der Waals surface area (Å²) in [5, 5.41) is 3.80. The summed E-state index contributed by atoms with van der Waals surface area (Å²) < 4.78 is 10.5. The number of benzene rings is 2. The Bertz CT molecular complexity index is 978. The summed E-state index contributed by atoms with van der Waals surface area (Å²) in [7, 11) is 3.07. The molecule has 2 aromatic carbocycles. The molecule has 3 N–H and O–H groups in total. The van der Waals surface area contributed by atoms with Crippen molar-refractivity contribution in [1.29, 1.82) is 0 Å². The lowest BCUT2D eigenvalue weighted by molar-refractivity contribution is 0.104. The van der Waals surface area contributed by atoms with Crippen molar-refractivity contribution in [2.24, 2.45) is 0 Å². The lowest BCUT2D eigenvalue weighted by Crippen LogP contribution is -2.03. The molecule has 0 spiro atoms. The predicted molar refractivity (Wildman–Crippen MR) is 109 cm³/mol. The van der Waals surface area contributed by atoms with E-state index in [2.05, 4.69) is 16.4 Å². The van der Waals surface area contributed by atoms with Crippen molar-refractivity contribution in [1.82, 2.24) is 4.98 Å². The number of nitrogens with zero attached hydrogens (tertiary/aromatic N) is 1. The van der Waals surface area contributed by atoms with Gasteiger partial charge in [-0.1, -0.05) is 17.4 Å². The topological polar surface area (TPSA) is 86.5 Å². The summed E-state index contributed by atoms with van der Waals surface area (Å²) in [5.74, 6) is 1.04. The molecular formula is C20H21N3O3S. The molecule has 0 amide bonds. The van der Waals surface area contributed by atoms with Crippen LogP contribution in [0.5, 0.6) is 11.5 Å². The molecule has 0 atom stereocenters. The van der Waals surface area contributed by atoms with E-state index in [1.165, 1.54) is 18.4 Å². The molecule has 7 heteroatoms. The Labute approximate surface area is 162 Å². The van der Waals surface area contributed by atoms with Gasteiger partial charge in [-0.25, -0.2) is 4.98 Å². The van der Waals surface area contributed by atoms with Crippen molar-refractivity contribution >= 4 is 33.8 Å². The summed E-state index contributed by atoms with van der Waals surface area (Å²) >= 11 is 1.22. The van der Waals surface area contributed by atoms with Gasteiger partial charge in [0.25, 0.3) is 0 Å². The lowest BCUT2D eigenvalue weighted by atomic mass is 10.1. The van der Waals surface area contributed by atoms with Gasteiger partial charge in [-0.15, -0.1) is 0 Å². The number of nitrogens with one attached hydrogen (secondary N) is 1. The molecule has 6 nitrogen and oxygen atoms in total. The van der Waals surface area contributed by atoms with Crippen LogP contribution >= 0.6 is 11.3 Å². The summed E-state index contributed by atoms with van der Waals surface area (Å²) in [6.45, 7) is 4.06. The zero-order valence-corrected chi connectivity index (χ0v) is 16.4. The number of carbonyl (C=O) groups excluding carboxylic acids is 1. The average Bonchev–Trinajstić information content (AvgIpc) is 2.99. The van der Waals surface area contributed by atoms with E-state index >= 15 is 0 Å². The Morgan fingerprint density at radius 3 is 2.33 bits per heavy atom. The second-order valence-corrected chi connectivity index (χ2v) is 7.13. The Morgan fingerprint density at radius 1 is 1.04 bits per heavy atom. The van der Waals surface area contributed by atoms with Gasteiger partial charge in [0.2, 0.25) is 5.78 Å². The zero-order valence-electron chi connectivity index (χ0n) is 15.6. The minimum atomic E-state index is -0.209. The third-order valence-corrected chi connectivity index (χ3v) is 4.96. The quantitative estimate of drug-likeness (QED) is 0.616. The molecule has 140 valence electrons. The van der Waals surface area contributed by atoms with Gasteiger partial charge in [0.1, 0.15) is 10.7 Å². The van der Waals surface area contributed by atoms with Crippen molar-refractivity contribution in [3.8, 4) is 11.5 Å². The number of methoxy groups -OCH3 is 2. The van der Waals surface area contributed by atoms with Crippen molar-refractivity contribution in [2.45, 2.75) is 13.8 Å². The minimum Gasteiger partial charge on any atom is -0.493 e. The van der Waals surface area contributed by atoms with Gasteiger partial charge in [0, 0.05) is 11.3 Å². The second-order valence-electron chi connectivity index (χ2n) is 6.13. The number of aromatic nitrogens is 1. The molecule has 1 aromatic heterocycles. The summed E-state index contributed by atoms with van der Waals surface area (Å²) in [6, 6.07) is 11.1. The summed E-state index contributed by atoms with van der Waals surface area (Å²) in [5.41, 5.74) is 9.65. The molecule has 1 heterocycles. The first-order valence-corrected chi connectivity index (χ1v) is 9.11.